The highest BCUT2D eigenvalue weighted by molar-refractivity contribution is 7.89. The molecule has 1 amide bonds. The normalized spacial score (nSPS) is 17.1. The highest BCUT2D eigenvalue weighted by Crippen LogP contribution is 2.28. The van der Waals surface area contributed by atoms with Gasteiger partial charge in [-0.15, -0.1) is 0 Å². The summed E-state index contributed by atoms with van der Waals surface area (Å²) in [4.78, 5) is 25.0. The molecule has 0 bridgehead atoms. The zero-order chi connectivity index (χ0) is 22.6. The maximum absolute atomic E-state index is 13.1. The third kappa shape index (κ3) is 4.88. The molecule has 9 heteroatoms. The maximum atomic E-state index is 13.1. The van der Waals surface area contributed by atoms with Crippen LogP contribution in [0.4, 0.5) is 5.69 Å². The summed E-state index contributed by atoms with van der Waals surface area (Å²) in [7, 11) is -0.951. The van der Waals surface area contributed by atoms with Gasteiger partial charge >= 0.3 is 5.97 Å². The molecule has 31 heavy (non-hydrogen) atoms. The number of nitrogens with zero attached hydrogens (tertiary/aromatic N) is 1. The molecule has 0 aromatic heterocycles. The van der Waals surface area contributed by atoms with E-state index in [4.69, 9.17) is 9.47 Å². The first-order valence-corrected chi connectivity index (χ1v) is 11.3. The van der Waals surface area contributed by atoms with E-state index in [1.54, 1.807) is 43.3 Å². The van der Waals surface area contributed by atoms with Crippen molar-refractivity contribution in [3.63, 3.8) is 0 Å². The molecular weight excluding hydrogens is 420 g/mol. The van der Waals surface area contributed by atoms with Crippen molar-refractivity contribution >= 4 is 27.6 Å². The molecule has 166 valence electrons. The van der Waals surface area contributed by atoms with Crippen LogP contribution in [0.1, 0.15) is 28.8 Å². The van der Waals surface area contributed by atoms with E-state index in [9.17, 15) is 18.0 Å². The Morgan fingerprint density at radius 3 is 2.55 bits per heavy atom. The molecule has 1 atom stereocenters. The summed E-state index contributed by atoms with van der Waals surface area (Å²) >= 11 is 0. The number of carbonyl (C=O) groups is 2. The molecule has 1 aliphatic heterocycles. The number of rotatable bonds is 6. The average molecular weight is 447 g/mol. The number of benzene rings is 2. The Balaban J connectivity index is 1.77. The lowest BCUT2D eigenvalue weighted by Gasteiger charge is -2.31. The van der Waals surface area contributed by atoms with E-state index < -0.39 is 21.9 Å². The highest BCUT2D eigenvalue weighted by atomic mass is 32.2. The fraction of sp³-hybridized carbons (Fsp3) is 0.364. The minimum atomic E-state index is -3.75. The lowest BCUT2D eigenvalue weighted by Crippen LogP contribution is -2.43. The largest absolute Gasteiger partial charge is 0.496 e. The van der Waals surface area contributed by atoms with Crippen molar-refractivity contribution in [2.45, 2.75) is 24.7 Å². The second-order valence-electron chi connectivity index (χ2n) is 7.36. The SMILES string of the molecule is COC(=O)c1ccccc1NC(=O)[C@@H]1CCCN(S(=O)(=O)c2ccc(OC)c(C)c2)C1. The van der Waals surface area contributed by atoms with Crippen molar-refractivity contribution in [1.29, 1.82) is 0 Å². The fourth-order valence-corrected chi connectivity index (χ4v) is 5.26. The molecule has 0 radical (unpaired) electrons. The summed E-state index contributed by atoms with van der Waals surface area (Å²) in [6, 6.07) is 11.3. The number of anilines is 1. The van der Waals surface area contributed by atoms with E-state index >= 15 is 0 Å². The van der Waals surface area contributed by atoms with Gasteiger partial charge in [-0.25, -0.2) is 13.2 Å². The standard InChI is InChI=1S/C22H26N2O6S/c1-15-13-17(10-11-20(15)29-2)31(27,28)24-12-6-7-16(14-24)21(25)23-19-9-5-4-8-18(19)22(26)30-3/h4-5,8-11,13,16H,6-7,12,14H2,1-3H3,(H,23,25)/t16-/m1/s1. The van der Waals surface area contributed by atoms with Gasteiger partial charge in [0.1, 0.15) is 5.75 Å². The lowest BCUT2D eigenvalue weighted by molar-refractivity contribution is -0.120. The molecule has 0 unspecified atom stereocenters. The number of piperidine rings is 1. The van der Waals surface area contributed by atoms with Gasteiger partial charge < -0.3 is 14.8 Å². The van der Waals surface area contributed by atoms with E-state index in [1.807, 2.05) is 0 Å². The Morgan fingerprint density at radius 2 is 1.87 bits per heavy atom. The van der Waals surface area contributed by atoms with Crippen molar-refractivity contribution in [1.82, 2.24) is 4.31 Å². The van der Waals surface area contributed by atoms with Crippen molar-refractivity contribution in [2.24, 2.45) is 5.92 Å². The van der Waals surface area contributed by atoms with Gasteiger partial charge in [-0.3, -0.25) is 4.79 Å². The molecule has 2 aromatic carbocycles. The number of aryl methyl sites for hydroxylation is 1. The van der Waals surface area contributed by atoms with Crippen LogP contribution >= 0.6 is 0 Å². The number of ether oxygens (including phenoxy) is 2. The lowest BCUT2D eigenvalue weighted by atomic mass is 9.98. The minimum Gasteiger partial charge on any atom is -0.496 e. The zero-order valence-electron chi connectivity index (χ0n) is 17.8. The molecule has 1 N–H and O–H groups in total. The van der Waals surface area contributed by atoms with E-state index in [0.29, 0.717) is 36.4 Å². The zero-order valence-corrected chi connectivity index (χ0v) is 18.6. The third-order valence-corrected chi connectivity index (χ3v) is 7.21. The van der Waals surface area contributed by atoms with Crippen LogP contribution in [0.25, 0.3) is 0 Å². The number of sulfonamides is 1. The first-order chi connectivity index (χ1) is 14.8. The molecule has 0 saturated carbocycles. The number of methoxy groups -OCH3 is 2. The van der Waals surface area contributed by atoms with Crippen molar-refractivity contribution in [2.75, 3.05) is 32.6 Å². The summed E-state index contributed by atoms with van der Waals surface area (Å²) in [6.07, 6.45) is 1.12. The minimum absolute atomic E-state index is 0.0691. The van der Waals surface area contributed by atoms with Crippen molar-refractivity contribution < 1.29 is 27.5 Å². The smallest absolute Gasteiger partial charge is 0.339 e. The number of esters is 1. The van der Waals surface area contributed by atoms with Crippen LogP contribution in [0.2, 0.25) is 0 Å². The fourth-order valence-electron chi connectivity index (χ4n) is 3.65. The van der Waals surface area contributed by atoms with Crippen LogP contribution < -0.4 is 10.1 Å². The Hall–Kier alpha value is -2.91. The summed E-state index contributed by atoms with van der Waals surface area (Å²) in [5.74, 6) is -0.812. The summed E-state index contributed by atoms with van der Waals surface area (Å²) in [5.41, 5.74) is 1.30. The predicted octanol–water partition coefficient (Wildman–Crippen LogP) is 2.83. The molecule has 1 saturated heterocycles. The Bertz CT molecular complexity index is 1080. The number of hydrogen-bond donors (Lipinski definition) is 1. The number of carbonyl (C=O) groups excluding carboxylic acids is 2. The number of para-hydroxylation sites is 1. The van der Waals surface area contributed by atoms with Crippen LogP contribution in [0.3, 0.4) is 0 Å². The monoisotopic (exact) mass is 446 g/mol. The molecule has 8 nitrogen and oxygen atoms in total. The van der Waals surface area contributed by atoms with Crippen LogP contribution in [0, 0.1) is 12.8 Å². The summed E-state index contributed by atoms with van der Waals surface area (Å²) in [5, 5.41) is 2.75. The van der Waals surface area contributed by atoms with Gasteiger partial charge in [0.15, 0.2) is 0 Å². The molecule has 1 heterocycles. The Morgan fingerprint density at radius 1 is 1.13 bits per heavy atom. The van der Waals surface area contributed by atoms with Crippen molar-refractivity contribution in [3.8, 4) is 5.75 Å². The molecule has 1 fully saturated rings. The Kier molecular flexibility index (Phi) is 6.97. The van der Waals surface area contributed by atoms with Crippen LogP contribution in [-0.4, -0.2) is 51.9 Å². The first kappa shape index (κ1) is 22.8. The van der Waals surface area contributed by atoms with E-state index in [2.05, 4.69) is 5.32 Å². The van der Waals surface area contributed by atoms with Gasteiger partial charge in [0, 0.05) is 13.1 Å². The Labute approximate surface area is 182 Å². The molecule has 2 aromatic rings. The highest BCUT2D eigenvalue weighted by Gasteiger charge is 2.34. The predicted molar refractivity (Wildman–Crippen MR) is 116 cm³/mol. The third-order valence-electron chi connectivity index (χ3n) is 5.35. The van der Waals surface area contributed by atoms with E-state index in [1.165, 1.54) is 24.6 Å². The van der Waals surface area contributed by atoms with Gasteiger partial charge in [-0.2, -0.15) is 4.31 Å². The van der Waals surface area contributed by atoms with E-state index in [0.717, 1.165) is 0 Å². The van der Waals surface area contributed by atoms with Crippen molar-refractivity contribution in [3.05, 3.63) is 53.6 Å². The number of hydrogen-bond acceptors (Lipinski definition) is 6. The topological polar surface area (TPSA) is 102 Å². The summed E-state index contributed by atoms with van der Waals surface area (Å²) in [6.45, 7) is 2.19. The molecular formula is C22H26N2O6S. The van der Waals surface area contributed by atoms with Crippen LogP contribution in [-0.2, 0) is 19.6 Å². The van der Waals surface area contributed by atoms with E-state index in [-0.39, 0.29) is 22.9 Å². The summed E-state index contributed by atoms with van der Waals surface area (Å²) < 4.78 is 37.6. The second kappa shape index (κ2) is 9.49. The van der Waals surface area contributed by atoms with Gasteiger partial charge in [0.25, 0.3) is 0 Å². The van der Waals surface area contributed by atoms with Gasteiger partial charge in [0.2, 0.25) is 15.9 Å². The van der Waals surface area contributed by atoms with Gasteiger partial charge in [0.05, 0.1) is 36.3 Å². The maximum Gasteiger partial charge on any atom is 0.339 e. The molecule has 3 rings (SSSR count). The average Bonchev–Trinajstić information content (AvgIpc) is 2.78. The molecule has 0 spiro atoms. The van der Waals surface area contributed by atoms with Crippen LogP contribution in [0.15, 0.2) is 47.4 Å². The number of nitrogens with one attached hydrogen (secondary N) is 1. The number of amides is 1. The molecule has 0 aliphatic carbocycles. The van der Waals surface area contributed by atoms with Gasteiger partial charge in [-0.05, 0) is 55.7 Å². The molecule has 1 aliphatic rings. The first-order valence-electron chi connectivity index (χ1n) is 9.91. The second-order valence-corrected chi connectivity index (χ2v) is 9.30. The van der Waals surface area contributed by atoms with Crippen LogP contribution in [0.5, 0.6) is 5.75 Å². The quantitative estimate of drug-likeness (QED) is 0.685. The van der Waals surface area contributed by atoms with Gasteiger partial charge in [-0.1, -0.05) is 12.1 Å².